The van der Waals surface area contributed by atoms with Crippen molar-refractivity contribution >= 4 is 34.7 Å². The second-order valence-corrected chi connectivity index (χ2v) is 2.70. The fourth-order valence-corrected chi connectivity index (χ4v) is 0.705. The van der Waals surface area contributed by atoms with E-state index in [2.05, 4.69) is 8.37 Å². The van der Waals surface area contributed by atoms with E-state index in [0.717, 1.165) is 0 Å². The van der Waals surface area contributed by atoms with Gasteiger partial charge in [0.1, 0.15) is 22.7 Å². The minimum Gasteiger partial charge on any atom is -0.740 e. The maximum atomic E-state index is 10.4. The summed E-state index contributed by atoms with van der Waals surface area (Å²) in [7, 11) is 0. The minimum absolute atomic E-state index is 0.394. The van der Waals surface area contributed by atoms with E-state index in [4.69, 9.17) is 0 Å². The molecule has 0 amide bonds. The summed E-state index contributed by atoms with van der Waals surface area (Å²) in [4.78, 5) is 20.8. The molecule has 0 aliphatic carbocycles. The van der Waals surface area contributed by atoms with Crippen LogP contribution < -0.4 is 0 Å². The molecule has 0 aromatic carbocycles. The van der Waals surface area contributed by atoms with Crippen LogP contribution in [0.4, 0.5) is 0 Å². The fraction of sp³-hybridized carbons (Fsp3) is 0. The van der Waals surface area contributed by atoms with Crippen LogP contribution in [0.1, 0.15) is 0 Å². The molecule has 0 heterocycles. The Hall–Kier alpha value is -1.10. The highest BCUT2D eigenvalue weighted by Gasteiger charge is 2.00. The standard InChI is InChI=1S/C4H4O8S2/c5-3(11-13(7)8)1-2-4(6)12-14(9)10/h1-2H,(H,7,8)(H,9,10)/p-2/b2-1-. The van der Waals surface area contributed by atoms with Crippen LogP contribution in [-0.4, -0.2) is 29.5 Å². The Morgan fingerprint density at radius 2 is 1.21 bits per heavy atom. The van der Waals surface area contributed by atoms with E-state index in [1.54, 1.807) is 0 Å². The third-order valence-electron chi connectivity index (χ3n) is 0.656. The van der Waals surface area contributed by atoms with Gasteiger partial charge in [-0.15, -0.1) is 0 Å². The molecule has 0 fully saturated rings. The van der Waals surface area contributed by atoms with Gasteiger partial charge in [-0.05, 0) is 0 Å². The van der Waals surface area contributed by atoms with E-state index in [9.17, 15) is 27.1 Å². The van der Waals surface area contributed by atoms with E-state index < -0.39 is 34.7 Å². The summed E-state index contributed by atoms with van der Waals surface area (Å²) in [5.74, 6) is -2.71. The second kappa shape index (κ2) is 6.37. The smallest absolute Gasteiger partial charge is 0.344 e. The highest BCUT2D eigenvalue weighted by atomic mass is 32.2. The Labute approximate surface area is 82.9 Å². The molecule has 0 bridgehead atoms. The van der Waals surface area contributed by atoms with Crippen LogP contribution in [-0.2, 0) is 40.7 Å². The summed E-state index contributed by atoms with van der Waals surface area (Å²) in [6.07, 6.45) is 0.788. The van der Waals surface area contributed by atoms with E-state index in [1.807, 2.05) is 0 Å². The Morgan fingerprint density at radius 3 is 1.43 bits per heavy atom. The first-order valence-electron chi connectivity index (χ1n) is 2.73. The average molecular weight is 242 g/mol. The van der Waals surface area contributed by atoms with Crippen LogP contribution in [0, 0.1) is 0 Å². The molecule has 0 saturated heterocycles. The Kier molecular flexibility index (Phi) is 5.87. The van der Waals surface area contributed by atoms with Gasteiger partial charge in [0.15, 0.2) is 0 Å². The van der Waals surface area contributed by atoms with Crippen LogP contribution in [0.15, 0.2) is 12.2 Å². The lowest BCUT2D eigenvalue weighted by atomic mass is 10.5. The molecule has 0 rings (SSSR count). The number of hydrogen-bond donors (Lipinski definition) is 0. The van der Waals surface area contributed by atoms with Crippen LogP contribution in [0.2, 0.25) is 0 Å². The normalized spacial score (nSPS) is 14.7. The molecule has 0 aromatic rings. The molecule has 0 N–H and O–H groups in total. The van der Waals surface area contributed by atoms with Gasteiger partial charge in [-0.3, -0.25) is 0 Å². The summed E-state index contributed by atoms with van der Waals surface area (Å²) >= 11 is -6.09. The predicted molar refractivity (Wildman–Crippen MR) is 39.2 cm³/mol. The maximum absolute atomic E-state index is 10.4. The Bertz CT molecular complexity index is 276. The minimum atomic E-state index is -3.05. The van der Waals surface area contributed by atoms with E-state index in [0.29, 0.717) is 12.2 Å². The van der Waals surface area contributed by atoms with Gasteiger partial charge in [0.2, 0.25) is 0 Å². The summed E-state index contributed by atoms with van der Waals surface area (Å²) in [6, 6.07) is 0. The first-order chi connectivity index (χ1) is 6.41. The van der Waals surface area contributed by atoms with Crippen molar-refractivity contribution in [3.05, 3.63) is 12.2 Å². The monoisotopic (exact) mass is 242 g/mol. The van der Waals surface area contributed by atoms with Crippen molar-refractivity contribution in [3.63, 3.8) is 0 Å². The molecule has 0 aliphatic heterocycles. The highest BCUT2D eigenvalue weighted by Crippen LogP contribution is 1.88. The van der Waals surface area contributed by atoms with Crippen LogP contribution in [0.5, 0.6) is 0 Å². The Morgan fingerprint density at radius 1 is 0.929 bits per heavy atom. The zero-order valence-electron chi connectivity index (χ0n) is 6.24. The second-order valence-electron chi connectivity index (χ2n) is 1.55. The Balaban J connectivity index is 4.04. The molecule has 10 heteroatoms. The van der Waals surface area contributed by atoms with Gasteiger partial charge in [0.05, 0.1) is 0 Å². The zero-order chi connectivity index (χ0) is 11.1. The average Bonchev–Trinajstić information content (AvgIpc) is 1.98. The predicted octanol–water partition coefficient (Wildman–Crippen LogP) is -1.78. The molecule has 2 atom stereocenters. The van der Waals surface area contributed by atoms with E-state index in [1.165, 1.54) is 0 Å². The van der Waals surface area contributed by atoms with Crippen molar-refractivity contribution in [2.45, 2.75) is 0 Å². The lowest BCUT2D eigenvalue weighted by molar-refractivity contribution is -0.131. The molecule has 14 heavy (non-hydrogen) atoms. The van der Waals surface area contributed by atoms with Crippen molar-refractivity contribution in [2.24, 2.45) is 0 Å². The zero-order valence-corrected chi connectivity index (χ0v) is 7.87. The van der Waals surface area contributed by atoms with Crippen LogP contribution in [0.3, 0.4) is 0 Å². The van der Waals surface area contributed by atoms with E-state index >= 15 is 0 Å². The van der Waals surface area contributed by atoms with Gasteiger partial charge in [0.25, 0.3) is 0 Å². The number of carbonyl (C=O) groups is 2. The molecule has 0 radical (unpaired) electrons. The van der Waals surface area contributed by atoms with Crippen molar-refractivity contribution in [1.82, 2.24) is 0 Å². The van der Waals surface area contributed by atoms with E-state index in [-0.39, 0.29) is 0 Å². The third kappa shape index (κ3) is 7.54. The third-order valence-corrected chi connectivity index (χ3v) is 1.26. The SMILES string of the molecule is O=C(/C=C\C(=O)OS(=O)[O-])OS(=O)[O-]. The number of carbonyl (C=O) groups excluding carboxylic acids is 2. The molecule has 8 nitrogen and oxygen atoms in total. The molecule has 0 aromatic heterocycles. The summed E-state index contributed by atoms with van der Waals surface area (Å²) in [5.41, 5.74) is 0. The van der Waals surface area contributed by atoms with Gasteiger partial charge in [0, 0.05) is 12.2 Å². The first kappa shape index (κ1) is 12.9. The highest BCUT2D eigenvalue weighted by molar-refractivity contribution is 7.74. The lowest BCUT2D eigenvalue weighted by Crippen LogP contribution is -2.06. The molecule has 2 unspecified atom stereocenters. The number of rotatable bonds is 4. The van der Waals surface area contributed by atoms with Gasteiger partial charge >= 0.3 is 11.9 Å². The quantitative estimate of drug-likeness (QED) is 0.417. The van der Waals surface area contributed by atoms with Crippen LogP contribution >= 0.6 is 0 Å². The molecular formula is C4H2O8S2-2. The van der Waals surface area contributed by atoms with Crippen molar-refractivity contribution in [1.29, 1.82) is 0 Å². The molecular weight excluding hydrogens is 240 g/mol. The largest absolute Gasteiger partial charge is 0.740 e. The molecule has 0 saturated carbocycles. The molecule has 0 aliphatic rings. The summed E-state index contributed by atoms with van der Waals surface area (Å²) < 4.78 is 46.0. The van der Waals surface area contributed by atoms with Gasteiger partial charge in [-0.25, -0.2) is 18.0 Å². The van der Waals surface area contributed by atoms with Gasteiger partial charge < -0.3 is 17.5 Å². The fourth-order valence-electron chi connectivity index (χ4n) is 0.326. The first-order valence-corrected chi connectivity index (χ1v) is 4.73. The number of hydrogen-bond acceptors (Lipinski definition) is 8. The van der Waals surface area contributed by atoms with Crippen molar-refractivity contribution < 1.29 is 35.5 Å². The summed E-state index contributed by atoms with van der Waals surface area (Å²) in [5, 5.41) is 0. The van der Waals surface area contributed by atoms with Crippen molar-refractivity contribution in [3.8, 4) is 0 Å². The van der Waals surface area contributed by atoms with Gasteiger partial charge in [-0.2, -0.15) is 0 Å². The topological polar surface area (TPSA) is 133 Å². The van der Waals surface area contributed by atoms with Crippen LogP contribution in [0.25, 0.3) is 0 Å². The lowest BCUT2D eigenvalue weighted by Gasteiger charge is -2.02. The maximum Gasteiger partial charge on any atom is 0.344 e. The molecule has 0 spiro atoms. The molecule has 80 valence electrons. The van der Waals surface area contributed by atoms with Gasteiger partial charge in [-0.1, -0.05) is 0 Å². The van der Waals surface area contributed by atoms with Crippen molar-refractivity contribution in [2.75, 3.05) is 0 Å². The summed E-state index contributed by atoms with van der Waals surface area (Å²) in [6.45, 7) is 0.